The first-order valence-corrected chi connectivity index (χ1v) is 13.1. The Kier molecular flexibility index (Phi) is 6.89. The van der Waals surface area contributed by atoms with Gasteiger partial charge in [-0.15, -0.1) is 11.8 Å². The molecule has 2 saturated heterocycles. The minimum Gasteiger partial charge on any atom is -0.452 e. The normalized spacial score (nSPS) is 20.6. The highest BCUT2D eigenvalue weighted by molar-refractivity contribution is 8.11. The van der Waals surface area contributed by atoms with Gasteiger partial charge in [0.25, 0.3) is 0 Å². The van der Waals surface area contributed by atoms with Gasteiger partial charge in [-0.1, -0.05) is 42.5 Å². The van der Waals surface area contributed by atoms with Crippen LogP contribution in [0.1, 0.15) is 29.0 Å². The third-order valence-electron chi connectivity index (χ3n) is 5.97. The van der Waals surface area contributed by atoms with Gasteiger partial charge >= 0.3 is 5.30 Å². The number of carbonyl (C=O) groups excluding carboxylic acids is 3. The zero-order chi connectivity index (χ0) is 23.5. The fraction of sp³-hybridized carbons (Fsp3) is 0.333. The lowest BCUT2D eigenvalue weighted by atomic mass is 10.1. The number of ether oxygens (including phenoxy) is 1. The van der Waals surface area contributed by atoms with Crippen molar-refractivity contribution in [3.8, 4) is 0 Å². The first-order chi connectivity index (χ1) is 16.6. The molecule has 0 spiro atoms. The Morgan fingerprint density at radius 1 is 1.09 bits per heavy atom. The number of nitrogens with zero attached hydrogens (tertiary/aromatic N) is 3. The van der Waals surface area contributed by atoms with E-state index in [-0.39, 0.29) is 24.1 Å². The molecule has 0 aliphatic carbocycles. The third kappa shape index (κ3) is 4.84. The molecule has 1 unspecified atom stereocenters. The van der Waals surface area contributed by atoms with Crippen molar-refractivity contribution in [2.45, 2.75) is 31.5 Å². The minimum atomic E-state index is -0.574. The first-order valence-electron chi connectivity index (χ1n) is 11.1. The van der Waals surface area contributed by atoms with Crippen LogP contribution in [0.4, 0.5) is 4.79 Å². The Balaban J connectivity index is 1.23. The van der Waals surface area contributed by atoms with E-state index in [2.05, 4.69) is 9.97 Å². The predicted molar refractivity (Wildman–Crippen MR) is 132 cm³/mol. The van der Waals surface area contributed by atoms with Crippen molar-refractivity contribution in [1.29, 1.82) is 0 Å². The number of aromatic nitrogens is 2. The lowest BCUT2D eigenvalue weighted by Crippen LogP contribution is -2.49. The van der Waals surface area contributed by atoms with E-state index in [1.54, 1.807) is 21.0 Å². The molecule has 8 nitrogen and oxygen atoms in total. The Morgan fingerprint density at radius 3 is 2.71 bits per heavy atom. The number of ketones is 1. The molecule has 2 aromatic carbocycles. The van der Waals surface area contributed by atoms with E-state index in [1.807, 2.05) is 54.6 Å². The number of para-hydroxylation sites is 2. The molecule has 1 amide bonds. The Labute approximate surface area is 205 Å². The maximum absolute atomic E-state index is 13.5. The predicted octanol–water partition coefficient (Wildman–Crippen LogP) is 4.10. The molecule has 34 heavy (non-hydrogen) atoms. The second kappa shape index (κ2) is 10.2. The van der Waals surface area contributed by atoms with E-state index in [4.69, 9.17) is 4.74 Å². The maximum atomic E-state index is 13.5. The highest BCUT2D eigenvalue weighted by Gasteiger charge is 2.42. The van der Waals surface area contributed by atoms with Crippen LogP contribution in [-0.4, -0.2) is 66.4 Å². The summed E-state index contributed by atoms with van der Waals surface area (Å²) in [6.45, 7) is 0.806. The van der Waals surface area contributed by atoms with Crippen LogP contribution in [0.5, 0.6) is 0 Å². The van der Waals surface area contributed by atoms with Gasteiger partial charge in [-0.25, -0.2) is 14.1 Å². The molecule has 1 aromatic heterocycles. The lowest BCUT2D eigenvalue weighted by Gasteiger charge is -2.28. The Bertz CT molecular complexity index is 1170. The van der Waals surface area contributed by atoms with Crippen molar-refractivity contribution in [3.63, 3.8) is 0 Å². The van der Waals surface area contributed by atoms with Crippen LogP contribution in [0, 0.1) is 0 Å². The molecule has 2 atom stereocenters. The number of hydrogen-bond acceptors (Lipinski definition) is 8. The largest absolute Gasteiger partial charge is 0.452 e. The maximum Gasteiger partial charge on any atom is 0.383 e. The van der Waals surface area contributed by atoms with E-state index in [1.165, 1.54) is 0 Å². The summed E-state index contributed by atoms with van der Waals surface area (Å²) in [6.07, 6.45) is 1.45. The molecule has 2 fully saturated rings. The van der Waals surface area contributed by atoms with Crippen LogP contribution in [0.2, 0.25) is 0 Å². The van der Waals surface area contributed by atoms with E-state index in [0.29, 0.717) is 24.6 Å². The van der Waals surface area contributed by atoms with E-state index in [9.17, 15) is 14.4 Å². The zero-order valence-electron chi connectivity index (χ0n) is 18.4. The number of rotatable bonds is 6. The first kappa shape index (κ1) is 22.9. The average molecular weight is 497 g/mol. The van der Waals surface area contributed by atoms with Crippen molar-refractivity contribution >= 4 is 51.7 Å². The van der Waals surface area contributed by atoms with Gasteiger partial charge in [0.1, 0.15) is 12.6 Å². The highest BCUT2D eigenvalue weighted by Crippen LogP contribution is 2.32. The average Bonchev–Trinajstić information content (AvgIpc) is 3.62. The van der Waals surface area contributed by atoms with Gasteiger partial charge in [-0.05, 0) is 30.5 Å². The molecule has 0 saturated carbocycles. The molecule has 2 aliphatic heterocycles. The second-order valence-electron chi connectivity index (χ2n) is 8.20. The number of imidazole rings is 1. The van der Waals surface area contributed by atoms with Crippen LogP contribution in [-0.2, 0) is 16.1 Å². The van der Waals surface area contributed by atoms with Gasteiger partial charge in [0.05, 0.1) is 23.0 Å². The van der Waals surface area contributed by atoms with Crippen LogP contribution in [0.15, 0.2) is 54.6 Å². The minimum absolute atomic E-state index is 0.125. The van der Waals surface area contributed by atoms with E-state index < -0.39 is 17.4 Å². The van der Waals surface area contributed by atoms with Gasteiger partial charge in [0, 0.05) is 24.2 Å². The van der Waals surface area contributed by atoms with Gasteiger partial charge in [-0.2, -0.15) is 0 Å². The molecule has 0 radical (unpaired) electrons. The third-order valence-corrected chi connectivity index (χ3v) is 7.92. The molecule has 10 heteroatoms. The lowest BCUT2D eigenvalue weighted by molar-refractivity contribution is -0.134. The number of Topliss-reactive ketones (excluding diaryl/α,β-unsaturated/α-hetero) is 1. The highest BCUT2D eigenvalue weighted by atomic mass is 32.2. The molecule has 0 bridgehead atoms. The molecule has 3 aromatic rings. The zero-order valence-corrected chi connectivity index (χ0v) is 20.0. The smallest absolute Gasteiger partial charge is 0.383 e. The standard InChI is InChI=1S/C24H24N4O4S2/c29-21(22-25-17-9-4-5-10-18(17)26-22)20-14-33-15-27(20)23(30)19-11-6-12-28(19)34-24(31)32-13-16-7-2-1-3-8-16/h1-5,7-10,19-20H,6,11-15H2,(H,25,26)/t19-,20?/m0/s1. The van der Waals surface area contributed by atoms with Gasteiger partial charge in [-0.3, -0.25) is 9.59 Å². The number of aromatic amines is 1. The molecule has 1 N–H and O–H groups in total. The molecule has 176 valence electrons. The molecule has 3 heterocycles. The summed E-state index contributed by atoms with van der Waals surface area (Å²) < 4.78 is 7.17. The molecular weight excluding hydrogens is 472 g/mol. The van der Waals surface area contributed by atoms with Crippen molar-refractivity contribution in [3.05, 3.63) is 66.0 Å². The van der Waals surface area contributed by atoms with Crippen molar-refractivity contribution in [1.82, 2.24) is 19.2 Å². The summed E-state index contributed by atoms with van der Waals surface area (Å²) in [6, 6.07) is 15.9. The van der Waals surface area contributed by atoms with Crippen molar-refractivity contribution < 1.29 is 19.1 Å². The molecule has 2 aliphatic rings. The summed E-state index contributed by atoms with van der Waals surface area (Å²) in [5.74, 6) is 0.937. The number of fused-ring (bicyclic) bond motifs is 1. The topological polar surface area (TPSA) is 95.6 Å². The summed E-state index contributed by atoms with van der Waals surface area (Å²) in [5.41, 5.74) is 2.43. The Morgan fingerprint density at radius 2 is 1.88 bits per heavy atom. The SMILES string of the molecule is O=C(OCc1ccccc1)SN1CCC[C@H]1C(=O)N1CSCC1C(=O)c1nc2ccccc2[nH]1. The molecular formula is C24H24N4O4S2. The molecule has 5 rings (SSSR count). The number of benzene rings is 2. The summed E-state index contributed by atoms with van der Waals surface area (Å²) in [7, 11) is 0. The van der Waals surface area contributed by atoms with Crippen LogP contribution in [0.3, 0.4) is 0 Å². The Hall–Kier alpha value is -2.82. The van der Waals surface area contributed by atoms with E-state index >= 15 is 0 Å². The monoisotopic (exact) mass is 496 g/mol. The van der Waals surface area contributed by atoms with Gasteiger partial charge in [0.2, 0.25) is 11.7 Å². The van der Waals surface area contributed by atoms with Crippen LogP contribution >= 0.6 is 23.7 Å². The summed E-state index contributed by atoms with van der Waals surface area (Å²) in [5, 5.41) is -0.436. The second-order valence-corrected chi connectivity index (χ2v) is 10.2. The number of nitrogens with one attached hydrogen (secondary N) is 1. The fourth-order valence-corrected chi connectivity index (χ4v) is 6.24. The van der Waals surface area contributed by atoms with Crippen LogP contribution < -0.4 is 0 Å². The van der Waals surface area contributed by atoms with Crippen LogP contribution in [0.25, 0.3) is 11.0 Å². The number of hydrogen-bond donors (Lipinski definition) is 1. The summed E-state index contributed by atoms with van der Waals surface area (Å²) in [4.78, 5) is 48.2. The van der Waals surface area contributed by atoms with Gasteiger partial charge in [0.15, 0.2) is 5.82 Å². The number of carbonyl (C=O) groups is 3. The summed E-state index contributed by atoms with van der Waals surface area (Å²) >= 11 is 2.50. The number of H-pyrrole nitrogens is 1. The quantitative estimate of drug-likeness (QED) is 0.310. The van der Waals surface area contributed by atoms with E-state index in [0.717, 1.165) is 35.0 Å². The van der Waals surface area contributed by atoms with Crippen molar-refractivity contribution in [2.24, 2.45) is 0 Å². The number of amides is 1. The van der Waals surface area contributed by atoms with Crippen molar-refractivity contribution in [2.75, 3.05) is 18.2 Å². The van der Waals surface area contributed by atoms with Gasteiger partial charge < -0.3 is 14.6 Å². The number of thioether (sulfide) groups is 1. The fourth-order valence-electron chi connectivity index (χ4n) is 4.23.